The van der Waals surface area contributed by atoms with Crippen LogP contribution in [-0.4, -0.2) is 36.6 Å². The van der Waals surface area contributed by atoms with Crippen molar-refractivity contribution in [3.63, 3.8) is 0 Å². The van der Waals surface area contributed by atoms with E-state index in [2.05, 4.69) is 27.7 Å². The molecule has 0 bridgehead atoms. The summed E-state index contributed by atoms with van der Waals surface area (Å²) in [6.07, 6.45) is 7.72. The summed E-state index contributed by atoms with van der Waals surface area (Å²) in [5.41, 5.74) is 0. The lowest BCUT2D eigenvalue weighted by Crippen LogP contribution is -2.50. The summed E-state index contributed by atoms with van der Waals surface area (Å²) in [7, 11) is 0. The Hall–Kier alpha value is -0.830. The van der Waals surface area contributed by atoms with Crippen LogP contribution in [0.5, 0.6) is 0 Å². The maximum Gasteiger partial charge on any atom is 0.0783 e. The highest BCUT2D eigenvalue weighted by Gasteiger charge is 2.22. The molecular formula is C16H33NO2. The predicted molar refractivity (Wildman–Crippen MR) is 80.7 cm³/mol. The highest BCUT2D eigenvalue weighted by Crippen LogP contribution is 2.12. The molecule has 114 valence electrons. The fraction of sp³-hybridized carbons (Fsp3) is 0.812. The summed E-state index contributed by atoms with van der Waals surface area (Å²) in [4.78, 5) is 9.40. The summed E-state index contributed by atoms with van der Waals surface area (Å²) in [6.45, 7) is 16.4. The van der Waals surface area contributed by atoms with E-state index >= 15 is 0 Å². The molecule has 0 amide bonds. The van der Waals surface area contributed by atoms with Crippen LogP contribution in [0.25, 0.3) is 0 Å². The van der Waals surface area contributed by atoms with E-state index in [1.807, 2.05) is 0 Å². The summed E-state index contributed by atoms with van der Waals surface area (Å²) in [5.74, 6) is -1.14. The van der Waals surface area contributed by atoms with E-state index in [-0.39, 0.29) is 0 Å². The molecule has 0 aliphatic rings. The summed E-state index contributed by atoms with van der Waals surface area (Å²) in [6, 6.07) is 0. The summed E-state index contributed by atoms with van der Waals surface area (Å²) < 4.78 is 1.38. The topological polar surface area (TPSA) is 40.1 Å². The van der Waals surface area contributed by atoms with Gasteiger partial charge in [0.15, 0.2) is 0 Å². The number of allylic oxidation sites excluding steroid dienone is 1. The average Bonchev–Trinajstić information content (AvgIpc) is 2.31. The van der Waals surface area contributed by atoms with Crippen molar-refractivity contribution >= 4 is 5.97 Å². The molecule has 0 aromatic carbocycles. The van der Waals surface area contributed by atoms with Crippen LogP contribution in [0.4, 0.5) is 0 Å². The molecule has 0 saturated heterocycles. The van der Waals surface area contributed by atoms with Gasteiger partial charge in [0.25, 0.3) is 0 Å². The molecule has 0 heterocycles. The fourth-order valence-corrected chi connectivity index (χ4v) is 2.70. The smallest absolute Gasteiger partial charge is 0.0783 e. The first-order valence-electron chi connectivity index (χ1n) is 7.70. The molecule has 0 aliphatic carbocycles. The lowest BCUT2D eigenvalue weighted by Gasteiger charge is -2.38. The largest absolute Gasteiger partial charge is 0.545 e. The summed E-state index contributed by atoms with van der Waals surface area (Å²) in [5, 5.41) is 9.40. The molecule has 0 fully saturated rings. The highest BCUT2D eigenvalue weighted by molar-refractivity contribution is 5.77. The quantitative estimate of drug-likeness (QED) is 0.478. The molecule has 0 aromatic heterocycles. The first-order valence-corrected chi connectivity index (χ1v) is 7.70. The third kappa shape index (κ3) is 12.0. The van der Waals surface area contributed by atoms with Crippen molar-refractivity contribution in [1.82, 2.24) is 0 Å². The Labute approximate surface area is 119 Å². The van der Waals surface area contributed by atoms with E-state index in [1.54, 1.807) is 6.92 Å². The first kappa shape index (κ1) is 20.5. The van der Waals surface area contributed by atoms with Crippen LogP contribution in [0.2, 0.25) is 0 Å². The second-order valence-electron chi connectivity index (χ2n) is 5.06. The van der Waals surface area contributed by atoms with Crippen LogP contribution in [0.3, 0.4) is 0 Å². The minimum atomic E-state index is -1.14. The predicted octanol–water partition coefficient (Wildman–Crippen LogP) is 2.76. The fourth-order valence-electron chi connectivity index (χ4n) is 2.70. The molecule has 0 N–H and O–H groups in total. The first-order chi connectivity index (χ1) is 9.01. The number of carbonyl (C=O) groups is 1. The number of rotatable bonds is 9. The molecule has 0 aromatic rings. The van der Waals surface area contributed by atoms with Crippen molar-refractivity contribution in [2.75, 3.05) is 26.2 Å². The van der Waals surface area contributed by atoms with Gasteiger partial charge in [0.2, 0.25) is 0 Å². The molecule has 0 aliphatic heterocycles. The molecule has 3 heteroatoms. The van der Waals surface area contributed by atoms with E-state index in [9.17, 15) is 9.90 Å². The number of aliphatic carboxylic acids is 1. The lowest BCUT2D eigenvalue weighted by molar-refractivity contribution is -0.928. The van der Waals surface area contributed by atoms with Crippen LogP contribution in [0, 0.1) is 0 Å². The second kappa shape index (κ2) is 13.6. The van der Waals surface area contributed by atoms with Crippen LogP contribution in [-0.2, 0) is 4.79 Å². The average molecular weight is 271 g/mol. The number of nitrogens with zero attached hydrogens (tertiary/aromatic N) is 1. The van der Waals surface area contributed by atoms with Crippen LogP contribution in [0.15, 0.2) is 12.2 Å². The van der Waals surface area contributed by atoms with Crippen LogP contribution in [0.1, 0.15) is 60.3 Å². The number of carbonyl (C=O) groups excluding carboxylic acids is 1. The monoisotopic (exact) mass is 271 g/mol. The van der Waals surface area contributed by atoms with Crippen LogP contribution < -0.4 is 5.11 Å². The Bertz CT molecular complexity index is 207. The van der Waals surface area contributed by atoms with E-state index < -0.39 is 5.97 Å². The van der Waals surface area contributed by atoms with Gasteiger partial charge >= 0.3 is 0 Å². The van der Waals surface area contributed by atoms with E-state index in [0.29, 0.717) is 0 Å². The molecule has 0 unspecified atom stereocenters. The van der Waals surface area contributed by atoms with Gasteiger partial charge in [0.1, 0.15) is 0 Å². The molecule has 0 spiro atoms. The van der Waals surface area contributed by atoms with Crippen molar-refractivity contribution in [2.45, 2.75) is 60.3 Å². The zero-order valence-corrected chi connectivity index (χ0v) is 13.6. The molecule has 3 nitrogen and oxygen atoms in total. The van der Waals surface area contributed by atoms with E-state index in [0.717, 1.165) is 6.08 Å². The zero-order chi connectivity index (χ0) is 15.1. The molecule has 19 heavy (non-hydrogen) atoms. The second-order valence-corrected chi connectivity index (χ2v) is 5.06. The highest BCUT2D eigenvalue weighted by atomic mass is 16.4. The number of carboxylic acid groups (broad SMARTS) is 1. The minimum Gasteiger partial charge on any atom is -0.545 e. The van der Waals surface area contributed by atoms with Gasteiger partial charge < -0.3 is 14.4 Å². The SMILES string of the molecule is CC=CC(=O)[O-].CCC[N+](CCC)(CCC)CCC. The van der Waals surface area contributed by atoms with Crippen molar-refractivity contribution in [2.24, 2.45) is 0 Å². The van der Waals surface area contributed by atoms with E-state index in [1.165, 1.54) is 62.4 Å². The Kier molecular flexibility index (Phi) is 14.7. The Morgan fingerprint density at radius 2 is 1.21 bits per heavy atom. The molecule has 0 radical (unpaired) electrons. The third-order valence-corrected chi connectivity index (χ3v) is 3.09. The Morgan fingerprint density at radius 3 is 1.32 bits per heavy atom. The van der Waals surface area contributed by atoms with Crippen molar-refractivity contribution in [3.05, 3.63) is 12.2 Å². The van der Waals surface area contributed by atoms with Gasteiger partial charge in [0.05, 0.1) is 32.1 Å². The van der Waals surface area contributed by atoms with Gasteiger partial charge in [-0.05, 0) is 38.7 Å². The van der Waals surface area contributed by atoms with Gasteiger partial charge in [-0.2, -0.15) is 0 Å². The van der Waals surface area contributed by atoms with Gasteiger partial charge in [0, 0.05) is 0 Å². The summed E-state index contributed by atoms with van der Waals surface area (Å²) >= 11 is 0. The molecule has 0 atom stereocenters. The van der Waals surface area contributed by atoms with Gasteiger partial charge in [-0.25, -0.2) is 0 Å². The Balaban J connectivity index is 0. The van der Waals surface area contributed by atoms with Crippen molar-refractivity contribution < 1.29 is 14.4 Å². The maximum absolute atomic E-state index is 9.40. The number of hydrogen-bond donors (Lipinski definition) is 0. The normalized spacial score (nSPS) is 11.2. The van der Waals surface area contributed by atoms with Crippen molar-refractivity contribution in [1.29, 1.82) is 0 Å². The van der Waals surface area contributed by atoms with E-state index in [4.69, 9.17) is 0 Å². The number of hydrogen-bond acceptors (Lipinski definition) is 2. The van der Waals surface area contributed by atoms with Gasteiger partial charge in [-0.15, -0.1) is 0 Å². The van der Waals surface area contributed by atoms with Crippen LogP contribution >= 0.6 is 0 Å². The lowest BCUT2D eigenvalue weighted by atomic mass is 10.2. The van der Waals surface area contributed by atoms with Gasteiger partial charge in [-0.3, -0.25) is 0 Å². The maximum atomic E-state index is 9.40. The number of quaternary nitrogens is 1. The minimum absolute atomic E-state index is 0.972. The standard InChI is InChI=1S/C12H28N.C4H6O2/c1-5-9-13(10-6-2,11-7-3)12-8-4;1-2-3-4(5)6/h5-12H2,1-4H3;2-3H,1H3,(H,5,6)/q+1;/p-1. The Morgan fingerprint density at radius 1 is 0.895 bits per heavy atom. The number of carboxylic acids is 1. The van der Waals surface area contributed by atoms with Crippen molar-refractivity contribution in [3.8, 4) is 0 Å². The molecular weight excluding hydrogens is 238 g/mol. The molecule has 0 rings (SSSR count). The van der Waals surface area contributed by atoms with Gasteiger partial charge in [-0.1, -0.05) is 33.8 Å². The zero-order valence-electron chi connectivity index (χ0n) is 13.6. The molecule has 0 saturated carbocycles. The third-order valence-electron chi connectivity index (χ3n) is 3.09.